The number of hydrogen-bond donors (Lipinski definition) is 1. The number of aromatic hydroxyl groups is 1. The van der Waals surface area contributed by atoms with Gasteiger partial charge in [-0.05, 0) is 47.1 Å². The Hall–Kier alpha value is -1.62. The summed E-state index contributed by atoms with van der Waals surface area (Å²) in [7, 11) is 0. The monoisotopic (exact) mass is 328 g/mol. The van der Waals surface area contributed by atoms with E-state index in [0.29, 0.717) is 11.3 Å². The van der Waals surface area contributed by atoms with Crippen LogP contribution in [-0.4, -0.2) is 5.11 Å². The number of ether oxygens (including phenoxy) is 1. The van der Waals surface area contributed by atoms with Crippen molar-refractivity contribution in [2.75, 3.05) is 0 Å². The summed E-state index contributed by atoms with van der Waals surface area (Å²) in [5.74, 6) is -0.886. The fourth-order valence-electron chi connectivity index (χ4n) is 1.61. The molecule has 0 radical (unpaired) electrons. The molecular weight excluding hydrogens is 318 g/mol. The molecular formula is C14H11BrF2O2. The second-order valence-corrected chi connectivity index (χ2v) is 4.87. The van der Waals surface area contributed by atoms with Gasteiger partial charge < -0.3 is 9.84 Å². The Morgan fingerprint density at radius 1 is 1.21 bits per heavy atom. The van der Waals surface area contributed by atoms with Crippen LogP contribution in [0.1, 0.15) is 11.1 Å². The van der Waals surface area contributed by atoms with Crippen LogP contribution in [0.25, 0.3) is 0 Å². The molecule has 19 heavy (non-hydrogen) atoms. The quantitative estimate of drug-likeness (QED) is 0.850. The van der Waals surface area contributed by atoms with E-state index in [-0.39, 0.29) is 22.4 Å². The third-order valence-corrected chi connectivity index (χ3v) is 3.38. The van der Waals surface area contributed by atoms with Gasteiger partial charge in [0.2, 0.25) is 0 Å². The van der Waals surface area contributed by atoms with E-state index in [2.05, 4.69) is 15.9 Å². The highest BCUT2D eigenvalue weighted by atomic mass is 79.9. The van der Waals surface area contributed by atoms with E-state index in [1.807, 2.05) is 0 Å². The molecule has 0 bridgehead atoms. The van der Waals surface area contributed by atoms with Gasteiger partial charge in [-0.25, -0.2) is 8.78 Å². The molecule has 0 spiro atoms. The van der Waals surface area contributed by atoms with E-state index >= 15 is 0 Å². The lowest BCUT2D eigenvalue weighted by Gasteiger charge is -2.11. The molecule has 2 rings (SSSR count). The van der Waals surface area contributed by atoms with Crippen LogP contribution in [0.15, 0.2) is 34.8 Å². The Labute approximate surface area is 117 Å². The second-order valence-electron chi connectivity index (χ2n) is 4.01. The molecule has 0 atom stereocenters. The summed E-state index contributed by atoms with van der Waals surface area (Å²) in [5.41, 5.74) is 0.371. The molecule has 0 aromatic heterocycles. The zero-order valence-corrected chi connectivity index (χ0v) is 11.7. The molecule has 5 heteroatoms. The van der Waals surface area contributed by atoms with Crippen molar-refractivity contribution in [3.63, 3.8) is 0 Å². The molecule has 2 nitrogen and oxygen atoms in total. The number of phenols is 1. The molecule has 2 aromatic carbocycles. The van der Waals surface area contributed by atoms with Gasteiger partial charge in [-0.3, -0.25) is 0 Å². The molecule has 0 aliphatic heterocycles. The first kappa shape index (κ1) is 13.8. The molecule has 0 saturated carbocycles. The number of hydrogen-bond acceptors (Lipinski definition) is 2. The van der Waals surface area contributed by atoms with E-state index in [1.165, 1.54) is 18.2 Å². The van der Waals surface area contributed by atoms with Gasteiger partial charge in [0, 0.05) is 5.56 Å². The maximum absolute atomic E-state index is 13.7. The van der Waals surface area contributed by atoms with Gasteiger partial charge >= 0.3 is 0 Å². The van der Waals surface area contributed by atoms with E-state index in [4.69, 9.17) is 4.74 Å². The average molecular weight is 329 g/mol. The SMILES string of the molecule is Cc1c(O)cccc1OCc1c(F)ccc(Br)c1F. The first-order valence-electron chi connectivity index (χ1n) is 5.54. The minimum Gasteiger partial charge on any atom is -0.508 e. The standard InChI is InChI=1S/C14H11BrF2O2/c1-8-12(18)3-2-4-13(8)19-7-9-11(16)6-5-10(15)14(9)17/h2-6,18H,7H2,1H3. The van der Waals surface area contributed by atoms with Crippen LogP contribution >= 0.6 is 15.9 Å². The number of benzene rings is 2. The molecule has 0 fully saturated rings. The maximum atomic E-state index is 13.7. The molecule has 0 heterocycles. The fourth-order valence-corrected chi connectivity index (χ4v) is 1.98. The van der Waals surface area contributed by atoms with Crippen molar-refractivity contribution < 1.29 is 18.6 Å². The fraction of sp³-hybridized carbons (Fsp3) is 0.143. The minimum atomic E-state index is -0.683. The predicted octanol–water partition coefficient (Wildman–Crippen LogP) is 4.32. The smallest absolute Gasteiger partial charge is 0.146 e. The van der Waals surface area contributed by atoms with E-state index in [9.17, 15) is 13.9 Å². The summed E-state index contributed by atoms with van der Waals surface area (Å²) in [5, 5.41) is 9.51. The van der Waals surface area contributed by atoms with Gasteiger partial charge in [-0.2, -0.15) is 0 Å². The maximum Gasteiger partial charge on any atom is 0.146 e. The zero-order chi connectivity index (χ0) is 14.0. The van der Waals surface area contributed by atoms with Crippen LogP contribution in [0.3, 0.4) is 0 Å². The Morgan fingerprint density at radius 2 is 1.95 bits per heavy atom. The first-order chi connectivity index (χ1) is 9.00. The highest BCUT2D eigenvalue weighted by molar-refractivity contribution is 9.10. The van der Waals surface area contributed by atoms with Crippen LogP contribution < -0.4 is 4.74 Å². The highest BCUT2D eigenvalue weighted by Gasteiger charge is 2.13. The second kappa shape index (κ2) is 5.57. The zero-order valence-electron chi connectivity index (χ0n) is 10.1. The molecule has 0 aliphatic carbocycles. The van der Waals surface area contributed by atoms with Gasteiger partial charge in [0.25, 0.3) is 0 Å². The van der Waals surface area contributed by atoms with Crippen molar-refractivity contribution in [2.24, 2.45) is 0 Å². The molecule has 0 saturated heterocycles. The highest BCUT2D eigenvalue weighted by Crippen LogP contribution is 2.28. The van der Waals surface area contributed by atoms with Crippen LogP contribution in [0.5, 0.6) is 11.5 Å². The van der Waals surface area contributed by atoms with Crippen LogP contribution in [0.4, 0.5) is 8.78 Å². The summed E-state index contributed by atoms with van der Waals surface area (Å²) < 4.78 is 32.8. The Bertz CT molecular complexity index is 615. The summed E-state index contributed by atoms with van der Waals surface area (Å²) in [6.45, 7) is 1.42. The Balaban J connectivity index is 2.24. The lowest BCUT2D eigenvalue weighted by Crippen LogP contribution is -2.03. The van der Waals surface area contributed by atoms with E-state index < -0.39 is 11.6 Å². The summed E-state index contributed by atoms with van der Waals surface area (Å²) >= 11 is 3.00. The van der Waals surface area contributed by atoms with Gasteiger partial charge in [0.15, 0.2) is 0 Å². The number of halogens is 3. The molecule has 0 aliphatic rings. The molecule has 1 N–H and O–H groups in total. The van der Waals surface area contributed by atoms with Gasteiger partial charge in [-0.15, -0.1) is 0 Å². The lowest BCUT2D eigenvalue weighted by atomic mass is 10.2. The Kier molecular flexibility index (Phi) is 4.04. The molecule has 0 amide bonds. The first-order valence-corrected chi connectivity index (χ1v) is 6.33. The Morgan fingerprint density at radius 3 is 2.68 bits per heavy atom. The minimum absolute atomic E-state index is 0.0766. The van der Waals surface area contributed by atoms with Gasteiger partial charge in [-0.1, -0.05) is 6.07 Å². The third-order valence-electron chi connectivity index (χ3n) is 2.77. The summed E-state index contributed by atoms with van der Waals surface area (Å²) in [6, 6.07) is 7.21. The largest absolute Gasteiger partial charge is 0.508 e. The summed E-state index contributed by atoms with van der Waals surface area (Å²) in [4.78, 5) is 0. The van der Waals surface area contributed by atoms with Gasteiger partial charge in [0.1, 0.15) is 29.7 Å². The summed E-state index contributed by atoms with van der Waals surface area (Å²) in [6.07, 6.45) is 0. The van der Waals surface area contributed by atoms with Crippen molar-refractivity contribution in [2.45, 2.75) is 13.5 Å². The lowest BCUT2D eigenvalue weighted by molar-refractivity contribution is 0.288. The van der Waals surface area contributed by atoms with Crippen LogP contribution in [-0.2, 0) is 6.61 Å². The molecule has 100 valence electrons. The van der Waals surface area contributed by atoms with Gasteiger partial charge in [0.05, 0.1) is 10.0 Å². The molecule has 0 unspecified atom stereocenters. The number of rotatable bonds is 3. The van der Waals surface area contributed by atoms with Crippen molar-refractivity contribution >= 4 is 15.9 Å². The van der Waals surface area contributed by atoms with E-state index in [0.717, 1.165) is 0 Å². The third kappa shape index (κ3) is 2.87. The van der Waals surface area contributed by atoms with Crippen molar-refractivity contribution in [1.29, 1.82) is 0 Å². The average Bonchev–Trinajstić information content (AvgIpc) is 2.39. The van der Waals surface area contributed by atoms with Crippen LogP contribution in [0, 0.1) is 18.6 Å². The number of phenolic OH excluding ortho intramolecular Hbond substituents is 1. The van der Waals surface area contributed by atoms with Crippen molar-refractivity contribution in [3.05, 3.63) is 57.6 Å². The van der Waals surface area contributed by atoms with Crippen molar-refractivity contribution in [3.8, 4) is 11.5 Å². The molecule has 2 aromatic rings. The van der Waals surface area contributed by atoms with Crippen molar-refractivity contribution in [1.82, 2.24) is 0 Å². The topological polar surface area (TPSA) is 29.5 Å². The van der Waals surface area contributed by atoms with E-state index in [1.54, 1.807) is 19.1 Å². The predicted molar refractivity (Wildman–Crippen MR) is 71.2 cm³/mol. The van der Waals surface area contributed by atoms with Crippen LogP contribution in [0.2, 0.25) is 0 Å². The normalized spacial score (nSPS) is 10.5.